The van der Waals surface area contributed by atoms with Crippen molar-refractivity contribution in [2.75, 3.05) is 0 Å². The number of pyridine rings is 1. The SMILES string of the molecule is C[C@@H](NCc1cccc(OC(F)(F)F)c1)c1cccnc1. The molecule has 0 spiro atoms. The second-order valence-corrected chi connectivity index (χ2v) is 4.58. The summed E-state index contributed by atoms with van der Waals surface area (Å²) in [4.78, 5) is 4.03. The van der Waals surface area contributed by atoms with Gasteiger partial charge in [0.15, 0.2) is 0 Å². The van der Waals surface area contributed by atoms with Crippen molar-refractivity contribution in [1.29, 1.82) is 0 Å². The molecule has 112 valence electrons. The lowest BCUT2D eigenvalue weighted by atomic mass is 10.1. The Balaban J connectivity index is 1.96. The molecule has 1 heterocycles. The fraction of sp³-hybridized carbons (Fsp3) is 0.267. The summed E-state index contributed by atoms with van der Waals surface area (Å²) in [6.45, 7) is 2.40. The Bertz CT molecular complexity index is 573. The van der Waals surface area contributed by atoms with Crippen molar-refractivity contribution < 1.29 is 17.9 Å². The molecule has 0 bridgehead atoms. The highest BCUT2D eigenvalue weighted by Crippen LogP contribution is 2.23. The molecule has 1 atom stereocenters. The molecule has 1 N–H and O–H groups in total. The van der Waals surface area contributed by atoms with Crippen LogP contribution < -0.4 is 10.1 Å². The molecule has 0 aliphatic rings. The lowest BCUT2D eigenvalue weighted by molar-refractivity contribution is -0.274. The maximum absolute atomic E-state index is 12.2. The van der Waals surface area contributed by atoms with E-state index in [1.165, 1.54) is 18.2 Å². The standard InChI is InChI=1S/C15H15F3N2O/c1-11(13-5-3-7-19-10-13)20-9-12-4-2-6-14(8-12)21-15(16,17)18/h2-8,10-11,20H,9H2,1H3/t11-/m1/s1. The highest BCUT2D eigenvalue weighted by molar-refractivity contribution is 5.28. The predicted molar refractivity (Wildman–Crippen MR) is 72.6 cm³/mol. The van der Waals surface area contributed by atoms with Gasteiger partial charge in [-0.1, -0.05) is 18.2 Å². The molecule has 1 aromatic heterocycles. The molecule has 6 heteroatoms. The molecule has 0 amide bonds. The van der Waals surface area contributed by atoms with Crippen LogP contribution in [-0.2, 0) is 6.54 Å². The van der Waals surface area contributed by atoms with E-state index in [9.17, 15) is 13.2 Å². The Morgan fingerprint density at radius 1 is 1.24 bits per heavy atom. The molecule has 2 aromatic rings. The van der Waals surface area contributed by atoms with Crippen LogP contribution in [0, 0.1) is 0 Å². The summed E-state index contributed by atoms with van der Waals surface area (Å²) >= 11 is 0. The maximum Gasteiger partial charge on any atom is 0.573 e. The lowest BCUT2D eigenvalue weighted by Crippen LogP contribution is -2.19. The highest BCUT2D eigenvalue weighted by atomic mass is 19.4. The second kappa shape index (κ2) is 6.58. The molecule has 0 unspecified atom stereocenters. The van der Waals surface area contributed by atoms with Crippen LogP contribution in [0.4, 0.5) is 13.2 Å². The first-order valence-corrected chi connectivity index (χ1v) is 6.42. The van der Waals surface area contributed by atoms with Crippen LogP contribution in [-0.4, -0.2) is 11.3 Å². The molecule has 0 fully saturated rings. The summed E-state index contributed by atoms with van der Waals surface area (Å²) in [5.41, 5.74) is 1.73. The van der Waals surface area contributed by atoms with Gasteiger partial charge >= 0.3 is 6.36 Å². The summed E-state index contributed by atoms with van der Waals surface area (Å²) < 4.78 is 40.4. The largest absolute Gasteiger partial charge is 0.573 e. The van der Waals surface area contributed by atoms with Gasteiger partial charge in [0.2, 0.25) is 0 Å². The van der Waals surface area contributed by atoms with Crippen LogP contribution >= 0.6 is 0 Å². The number of ether oxygens (including phenoxy) is 1. The van der Waals surface area contributed by atoms with Gasteiger partial charge in [0, 0.05) is 25.0 Å². The first-order valence-electron chi connectivity index (χ1n) is 6.42. The van der Waals surface area contributed by atoms with E-state index in [0.29, 0.717) is 12.1 Å². The van der Waals surface area contributed by atoms with E-state index in [-0.39, 0.29) is 11.8 Å². The Hall–Kier alpha value is -2.08. The third-order valence-corrected chi connectivity index (χ3v) is 2.93. The lowest BCUT2D eigenvalue weighted by Gasteiger charge is -2.14. The highest BCUT2D eigenvalue weighted by Gasteiger charge is 2.31. The van der Waals surface area contributed by atoms with Crippen molar-refractivity contribution >= 4 is 0 Å². The number of alkyl halides is 3. The van der Waals surface area contributed by atoms with Gasteiger partial charge in [0.25, 0.3) is 0 Å². The van der Waals surface area contributed by atoms with Crippen molar-refractivity contribution in [3.05, 3.63) is 59.9 Å². The van der Waals surface area contributed by atoms with Gasteiger partial charge in [0.1, 0.15) is 5.75 Å². The average molecular weight is 296 g/mol. The molecule has 0 aliphatic heterocycles. The molecule has 0 aliphatic carbocycles. The van der Waals surface area contributed by atoms with Gasteiger partial charge < -0.3 is 10.1 Å². The van der Waals surface area contributed by atoms with Crippen molar-refractivity contribution in [3.63, 3.8) is 0 Å². The number of hydrogen-bond donors (Lipinski definition) is 1. The molecule has 1 aromatic carbocycles. The monoisotopic (exact) mass is 296 g/mol. The van der Waals surface area contributed by atoms with Crippen LogP contribution in [0.1, 0.15) is 24.1 Å². The fourth-order valence-corrected chi connectivity index (χ4v) is 1.87. The van der Waals surface area contributed by atoms with Crippen LogP contribution in [0.3, 0.4) is 0 Å². The zero-order valence-corrected chi connectivity index (χ0v) is 11.4. The Kier molecular flexibility index (Phi) is 4.80. The average Bonchev–Trinajstić information content (AvgIpc) is 2.44. The molecule has 0 radical (unpaired) electrons. The number of aromatic nitrogens is 1. The summed E-state index contributed by atoms with van der Waals surface area (Å²) in [6, 6.07) is 9.75. The van der Waals surface area contributed by atoms with E-state index in [1.54, 1.807) is 18.5 Å². The quantitative estimate of drug-likeness (QED) is 0.910. The summed E-state index contributed by atoms with van der Waals surface area (Å²) in [6.07, 6.45) is -1.23. The molecule has 0 saturated heterocycles. The number of nitrogens with one attached hydrogen (secondary N) is 1. The number of benzene rings is 1. The maximum atomic E-state index is 12.2. The third-order valence-electron chi connectivity index (χ3n) is 2.93. The smallest absolute Gasteiger partial charge is 0.406 e. The van der Waals surface area contributed by atoms with Crippen LogP contribution in [0.5, 0.6) is 5.75 Å². The number of halogens is 3. The predicted octanol–water partition coefficient (Wildman–Crippen LogP) is 3.83. The Morgan fingerprint density at radius 3 is 2.71 bits per heavy atom. The zero-order chi connectivity index (χ0) is 15.3. The van der Waals surface area contributed by atoms with E-state index in [2.05, 4.69) is 15.0 Å². The van der Waals surface area contributed by atoms with E-state index < -0.39 is 6.36 Å². The van der Waals surface area contributed by atoms with Crippen LogP contribution in [0.15, 0.2) is 48.8 Å². The van der Waals surface area contributed by atoms with Crippen LogP contribution in [0.25, 0.3) is 0 Å². The fourth-order valence-electron chi connectivity index (χ4n) is 1.87. The van der Waals surface area contributed by atoms with E-state index >= 15 is 0 Å². The Labute approximate surface area is 120 Å². The van der Waals surface area contributed by atoms with Gasteiger partial charge in [0.05, 0.1) is 0 Å². The molecular formula is C15H15F3N2O. The van der Waals surface area contributed by atoms with E-state index in [4.69, 9.17) is 0 Å². The summed E-state index contributed by atoms with van der Waals surface area (Å²) in [7, 11) is 0. The zero-order valence-electron chi connectivity index (χ0n) is 11.4. The summed E-state index contributed by atoms with van der Waals surface area (Å²) in [5, 5.41) is 3.23. The normalized spacial score (nSPS) is 13.0. The minimum absolute atomic E-state index is 0.0471. The number of hydrogen-bond acceptors (Lipinski definition) is 3. The van der Waals surface area contributed by atoms with Gasteiger partial charge in [-0.05, 0) is 36.2 Å². The molecule has 21 heavy (non-hydrogen) atoms. The van der Waals surface area contributed by atoms with Crippen molar-refractivity contribution in [3.8, 4) is 5.75 Å². The number of nitrogens with zero attached hydrogens (tertiary/aromatic N) is 1. The molecule has 3 nitrogen and oxygen atoms in total. The van der Waals surface area contributed by atoms with E-state index in [1.807, 2.05) is 19.1 Å². The Morgan fingerprint density at radius 2 is 2.05 bits per heavy atom. The first-order chi connectivity index (χ1) is 9.94. The third kappa shape index (κ3) is 5.07. The number of rotatable bonds is 5. The minimum atomic E-state index is -4.67. The van der Waals surface area contributed by atoms with Crippen molar-refractivity contribution in [1.82, 2.24) is 10.3 Å². The first kappa shape index (κ1) is 15.3. The topological polar surface area (TPSA) is 34.1 Å². The molecule has 2 rings (SSSR count). The second-order valence-electron chi connectivity index (χ2n) is 4.58. The van der Waals surface area contributed by atoms with E-state index in [0.717, 1.165) is 5.56 Å². The van der Waals surface area contributed by atoms with Gasteiger partial charge in [-0.25, -0.2) is 0 Å². The molecular weight excluding hydrogens is 281 g/mol. The van der Waals surface area contributed by atoms with Crippen molar-refractivity contribution in [2.24, 2.45) is 0 Å². The molecule has 0 saturated carbocycles. The van der Waals surface area contributed by atoms with Gasteiger partial charge in [-0.15, -0.1) is 13.2 Å². The summed E-state index contributed by atoms with van der Waals surface area (Å²) in [5.74, 6) is -0.212. The van der Waals surface area contributed by atoms with Gasteiger partial charge in [-0.3, -0.25) is 4.98 Å². The van der Waals surface area contributed by atoms with Gasteiger partial charge in [-0.2, -0.15) is 0 Å². The minimum Gasteiger partial charge on any atom is -0.406 e. The van der Waals surface area contributed by atoms with Crippen LogP contribution in [0.2, 0.25) is 0 Å². The van der Waals surface area contributed by atoms with Crippen molar-refractivity contribution in [2.45, 2.75) is 25.9 Å².